The standard InChI is InChI=1S/C15H17N3O2S/c1-10(14(19)20-2)21-15-17-16-13(11-8-9-11)18(15)12-6-4-3-5-7-12/h3-7,10-11H,8-9H2,1-2H3/t10-/m0/s1. The topological polar surface area (TPSA) is 57.0 Å². The number of ether oxygens (including phenoxy) is 1. The molecule has 0 spiro atoms. The number of rotatable bonds is 5. The molecule has 0 aliphatic heterocycles. The number of nitrogens with zero attached hydrogens (tertiary/aromatic N) is 3. The molecule has 1 heterocycles. The maximum Gasteiger partial charge on any atom is 0.318 e. The highest BCUT2D eigenvalue weighted by atomic mass is 32.2. The van der Waals surface area contributed by atoms with Crippen LogP contribution < -0.4 is 0 Å². The summed E-state index contributed by atoms with van der Waals surface area (Å²) < 4.78 is 6.84. The van der Waals surface area contributed by atoms with Gasteiger partial charge < -0.3 is 4.74 Å². The summed E-state index contributed by atoms with van der Waals surface area (Å²) in [4.78, 5) is 11.6. The van der Waals surface area contributed by atoms with E-state index < -0.39 is 0 Å². The van der Waals surface area contributed by atoms with Crippen LogP contribution in [0.5, 0.6) is 0 Å². The molecule has 0 bridgehead atoms. The first kappa shape index (κ1) is 14.1. The van der Waals surface area contributed by atoms with Gasteiger partial charge in [0.25, 0.3) is 0 Å². The van der Waals surface area contributed by atoms with E-state index in [0.29, 0.717) is 5.92 Å². The Balaban J connectivity index is 1.95. The number of aromatic nitrogens is 3. The third-order valence-electron chi connectivity index (χ3n) is 3.43. The number of esters is 1. The normalized spacial score (nSPS) is 15.7. The van der Waals surface area contributed by atoms with Gasteiger partial charge in [-0.2, -0.15) is 0 Å². The highest BCUT2D eigenvalue weighted by Gasteiger charge is 2.31. The van der Waals surface area contributed by atoms with Crippen molar-refractivity contribution in [2.45, 2.75) is 36.1 Å². The van der Waals surface area contributed by atoms with Gasteiger partial charge in [-0.15, -0.1) is 10.2 Å². The second-order valence-corrected chi connectivity index (χ2v) is 6.38. The number of methoxy groups -OCH3 is 1. The van der Waals surface area contributed by atoms with Crippen molar-refractivity contribution < 1.29 is 9.53 Å². The third kappa shape index (κ3) is 2.95. The summed E-state index contributed by atoms with van der Waals surface area (Å²) in [7, 11) is 1.40. The molecule has 0 unspecified atom stereocenters. The van der Waals surface area contributed by atoms with Gasteiger partial charge in [0.05, 0.1) is 7.11 Å². The van der Waals surface area contributed by atoms with Gasteiger partial charge in [-0.05, 0) is 31.9 Å². The summed E-state index contributed by atoms with van der Waals surface area (Å²) in [6.45, 7) is 1.82. The Morgan fingerprint density at radius 2 is 2.05 bits per heavy atom. The molecule has 0 saturated heterocycles. The van der Waals surface area contributed by atoms with Crippen LogP contribution in [0.2, 0.25) is 0 Å². The third-order valence-corrected chi connectivity index (χ3v) is 4.45. The zero-order valence-corrected chi connectivity index (χ0v) is 12.8. The van der Waals surface area contributed by atoms with Crippen LogP contribution in [0.15, 0.2) is 35.5 Å². The maximum atomic E-state index is 11.6. The molecule has 2 aromatic rings. The Morgan fingerprint density at radius 1 is 1.33 bits per heavy atom. The van der Waals surface area contributed by atoms with Gasteiger partial charge in [-0.25, -0.2) is 0 Å². The summed E-state index contributed by atoms with van der Waals surface area (Å²) in [6, 6.07) is 10.0. The van der Waals surface area contributed by atoms with Gasteiger partial charge in [0.2, 0.25) is 0 Å². The molecule has 1 atom stereocenters. The monoisotopic (exact) mass is 303 g/mol. The van der Waals surface area contributed by atoms with Gasteiger partial charge in [0, 0.05) is 11.6 Å². The molecule has 21 heavy (non-hydrogen) atoms. The summed E-state index contributed by atoms with van der Waals surface area (Å²) in [5, 5.41) is 9.04. The molecule has 0 amide bonds. The second-order valence-electron chi connectivity index (χ2n) is 5.07. The van der Waals surface area contributed by atoms with Crippen LogP contribution in [0.1, 0.15) is 31.5 Å². The van der Waals surface area contributed by atoms with Crippen molar-refractivity contribution >= 4 is 17.7 Å². The highest BCUT2D eigenvalue weighted by Crippen LogP contribution is 2.41. The predicted molar refractivity (Wildman–Crippen MR) is 80.7 cm³/mol. The maximum absolute atomic E-state index is 11.6. The molecule has 0 N–H and O–H groups in total. The fourth-order valence-electron chi connectivity index (χ4n) is 2.16. The first-order valence-corrected chi connectivity index (χ1v) is 7.84. The van der Waals surface area contributed by atoms with Crippen molar-refractivity contribution in [3.8, 4) is 5.69 Å². The van der Waals surface area contributed by atoms with Crippen molar-refractivity contribution in [1.29, 1.82) is 0 Å². The molecule has 1 aromatic carbocycles. The van der Waals surface area contributed by atoms with Crippen LogP contribution in [0, 0.1) is 0 Å². The van der Waals surface area contributed by atoms with Crippen LogP contribution >= 0.6 is 11.8 Å². The lowest BCUT2D eigenvalue weighted by molar-refractivity contribution is -0.139. The molecule has 1 aromatic heterocycles. The van der Waals surface area contributed by atoms with Crippen LogP contribution in [0.25, 0.3) is 5.69 Å². The molecule has 0 radical (unpaired) electrons. The number of carbonyl (C=O) groups excluding carboxylic acids is 1. The lowest BCUT2D eigenvalue weighted by atomic mass is 10.3. The Hall–Kier alpha value is -1.82. The van der Waals surface area contributed by atoms with Crippen molar-refractivity contribution in [3.63, 3.8) is 0 Å². The molecule has 1 aliphatic rings. The van der Waals surface area contributed by atoms with Crippen LogP contribution in [-0.2, 0) is 9.53 Å². The smallest absolute Gasteiger partial charge is 0.318 e. The van der Waals surface area contributed by atoms with E-state index in [1.54, 1.807) is 0 Å². The molecule has 1 aliphatic carbocycles. The minimum Gasteiger partial charge on any atom is -0.468 e. The van der Waals surface area contributed by atoms with E-state index in [9.17, 15) is 4.79 Å². The Bertz CT molecular complexity index is 638. The average molecular weight is 303 g/mol. The van der Waals surface area contributed by atoms with Gasteiger partial charge in [0.15, 0.2) is 5.16 Å². The van der Waals surface area contributed by atoms with Crippen molar-refractivity contribution in [2.75, 3.05) is 7.11 Å². The Kier molecular flexibility index (Phi) is 3.96. The molecule has 110 valence electrons. The van der Waals surface area contributed by atoms with Crippen molar-refractivity contribution in [1.82, 2.24) is 14.8 Å². The first-order valence-electron chi connectivity index (χ1n) is 6.96. The zero-order chi connectivity index (χ0) is 14.8. The lowest BCUT2D eigenvalue weighted by Gasteiger charge is -2.12. The largest absolute Gasteiger partial charge is 0.468 e. The SMILES string of the molecule is COC(=O)[C@H](C)Sc1nnc(C2CC2)n1-c1ccccc1. The minimum absolute atomic E-state index is 0.254. The Labute approximate surface area is 127 Å². The van der Waals surface area contributed by atoms with Crippen molar-refractivity contribution in [2.24, 2.45) is 0 Å². The summed E-state index contributed by atoms with van der Waals surface area (Å²) in [6.07, 6.45) is 2.31. The average Bonchev–Trinajstić information content (AvgIpc) is 3.28. The molecular formula is C15H17N3O2S. The molecule has 3 rings (SSSR count). The van der Waals surface area contributed by atoms with Crippen LogP contribution in [-0.4, -0.2) is 33.1 Å². The molecule has 6 heteroatoms. The number of hydrogen-bond acceptors (Lipinski definition) is 5. The van der Waals surface area contributed by atoms with Crippen LogP contribution in [0.3, 0.4) is 0 Å². The number of para-hydroxylation sites is 1. The van der Waals surface area contributed by atoms with E-state index in [-0.39, 0.29) is 11.2 Å². The Morgan fingerprint density at radius 3 is 2.67 bits per heavy atom. The van der Waals surface area contributed by atoms with E-state index in [4.69, 9.17) is 4.74 Å². The van der Waals surface area contributed by atoms with Gasteiger partial charge >= 0.3 is 5.97 Å². The van der Waals surface area contributed by atoms with Gasteiger partial charge in [-0.1, -0.05) is 30.0 Å². The van der Waals surface area contributed by atoms with E-state index >= 15 is 0 Å². The quantitative estimate of drug-likeness (QED) is 0.628. The molecule has 1 saturated carbocycles. The van der Waals surface area contributed by atoms with E-state index in [1.165, 1.54) is 18.9 Å². The first-order chi connectivity index (χ1) is 10.2. The van der Waals surface area contributed by atoms with Gasteiger partial charge in [-0.3, -0.25) is 9.36 Å². The fraction of sp³-hybridized carbons (Fsp3) is 0.400. The zero-order valence-electron chi connectivity index (χ0n) is 12.0. The molecule has 5 nitrogen and oxygen atoms in total. The number of thioether (sulfide) groups is 1. The molecular weight excluding hydrogens is 286 g/mol. The number of hydrogen-bond donors (Lipinski definition) is 0. The van der Waals surface area contributed by atoms with Crippen molar-refractivity contribution in [3.05, 3.63) is 36.2 Å². The second kappa shape index (κ2) is 5.89. The van der Waals surface area contributed by atoms with Gasteiger partial charge in [0.1, 0.15) is 11.1 Å². The lowest BCUT2D eigenvalue weighted by Crippen LogP contribution is -2.15. The van der Waals surface area contributed by atoms with E-state index in [1.807, 2.05) is 37.3 Å². The van der Waals surface area contributed by atoms with Crippen LogP contribution in [0.4, 0.5) is 0 Å². The summed E-state index contributed by atoms with van der Waals surface area (Å²) >= 11 is 1.38. The highest BCUT2D eigenvalue weighted by molar-refractivity contribution is 8.00. The van der Waals surface area contributed by atoms with E-state index in [0.717, 1.165) is 29.5 Å². The fourth-order valence-corrected chi connectivity index (χ4v) is 3.06. The number of carbonyl (C=O) groups is 1. The molecule has 1 fully saturated rings. The number of benzene rings is 1. The summed E-state index contributed by atoms with van der Waals surface area (Å²) in [5.74, 6) is 1.22. The van der Waals surface area contributed by atoms with E-state index in [2.05, 4.69) is 14.8 Å². The minimum atomic E-state index is -0.311. The predicted octanol–water partition coefficient (Wildman–Crippen LogP) is 2.80. The summed E-state index contributed by atoms with van der Waals surface area (Å²) in [5.41, 5.74) is 1.03.